The minimum absolute atomic E-state index is 0.0815. The van der Waals surface area contributed by atoms with Crippen LogP contribution in [-0.2, 0) is 9.59 Å². The van der Waals surface area contributed by atoms with Crippen molar-refractivity contribution in [2.24, 2.45) is 0 Å². The van der Waals surface area contributed by atoms with Crippen LogP contribution in [0.3, 0.4) is 0 Å². The second-order valence-electron chi connectivity index (χ2n) is 7.54. The number of aliphatic hydroxyl groups excluding tert-OH is 1. The Labute approximate surface area is 196 Å². The fourth-order valence-electron chi connectivity index (χ4n) is 3.88. The number of methoxy groups -OCH3 is 2. The molecule has 1 saturated heterocycles. The maximum atomic E-state index is 13.2. The molecule has 9 nitrogen and oxygen atoms in total. The largest absolute Gasteiger partial charge is 0.507 e. The Morgan fingerprint density at radius 2 is 1.79 bits per heavy atom. The highest BCUT2D eigenvalue weighted by Gasteiger charge is 2.48. The van der Waals surface area contributed by atoms with Crippen molar-refractivity contribution >= 4 is 23.3 Å². The zero-order chi connectivity index (χ0) is 24.4. The van der Waals surface area contributed by atoms with E-state index in [2.05, 4.69) is 5.16 Å². The second kappa shape index (κ2) is 9.30. The van der Waals surface area contributed by atoms with E-state index in [1.807, 2.05) is 6.92 Å². The van der Waals surface area contributed by atoms with E-state index in [1.54, 1.807) is 55.5 Å². The van der Waals surface area contributed by atoms with Crippen molar-refractivity contribution in [3.8, 4) is 17.2 Å². The molecule has 1 unspecified atom stereocenters. The summed E-state index contributed by atoms with van der Waals surface area (Å²) in [5.74, 6) is 0.155. The third kappa shape index (κ3) is 3.96. The summed E-state index contributed by atoms with van der Waals surface area (Å²) in [5, 5.41) is 15.1. The normalized spacial score (nSPS) is 17.2. The van der Waals surface area contributed by atoms with Gasteiger partial charge < -0.3 is 23.8 Å². The molecule has 4 rings (SSSR count). The van der Waals surface area contributed by atoms with E-state index in [-0.39, 0.29) is 17.2 Å². The molecule has 0 bridgehead atoms. The molecule has 3 aromatic rings. The summed E-state index contributed by atoms with van der Waals surface area (Å²) < 4.78 is 21.4. The number of anilines is 1. The highest BCUT2D eigenvalue weighted by molar-refractivity contribution is 6.51. The Kier molecular flexibility index (Phi) is 6.27. The maximum absolute atomic E-state index is 13.2. The Hall–Kier alpha value is -4.27. The molecule has 34 heavy (non-hydrogen) atoms. The highest BCUT2D eigenvalue weighted by Crippen LogP contribution is 2.44. The van der Waals surface area contributed by atoms with Crippen LogP contribution in [0.2, 0.25) is 0 Å². The van der Waals surface area contributed by atoms with Crippen LogP contribution in [-0.4, -0.2) is 42.8 Å². The number of Topliss-reactive ketones (excluding diaryl/α,β-unsaturated/α-hetero) is 1. The van der Waals surface area contributed by atoms with Gasteiger partial charge in [-0.2, -0.15) is 0 Å². The lowest BCUT2D eigenvalue weighted by atomic mass is 9.95. The van der Waals surface area contributed by atoms with Crippen molar-refractivity contribution in [1.29, 1.82) is 0 Å². The Morgan fingerprint density at radius 3 is 2.38 bits per heavy atom. The predicted octanol–water partition coefficient (Wildman–Crippen LogP) is 4.03. The van der Waals surface area contributed by atoms with E-state index in [4.69, 9.17) is 18.7 Å². The number of ether oxygens (including phenoxy) is 3. The van der Waals surface area contributed by atoms with Crippen LogP contribution in [0.4, 0.5) is 5.82 Å². The van der Waals surface area contributed by atoms with Gasteiger partial charge in [-0.25, -0.2) is 0 Å². The molecule has 1 atom stereocenters. The van der Waals surface area contributed by atoms with Gasteiger partial charge in [-0.05, 0) is 55.8 Å². The van der Waals surface area contributed by atoms with Gasteiger partial charge in [0.1, 0.15) is 17.3 Å². The lowest BCUT2D eigenvalue weighted by Gasteiger charge is -2.23. The van der Waals surface area contributed by atoms with Gasteiger partial charge in [0, 0.05) is 11.6 Å². The molecule has 0 radical (unpaired) electrons. The van der Waals surface area contributed by atoms with Crippen molar-refractivity contribution in [3.63, 3.8) is 0 Å². The van der Waals surface area contributed by atoms with Gasteiger partial charge in [0.05, 0.1) is 32.4 Å². The van der Waals surface area contributed by atoms with Crippen LogP contribution in [0.15, 0.2) is 58.6 Å². The van der Waals surface area contributed by atoms with E-state index in [0.717, 1.165) is 0 Å². The molecule has 2 heterocycles. The fourth-order valence-corrected chi connectivity index (χ4v) is 3.88. The van der Waals surface area contributed by atoms with E-state index in [0.29, 0.717) is 40.7 Å². The van der Waals surface area contributed by atoms with Gasteiger partial charge in [-0.1, -0.05) is 11.2 Å². The molecule has 2 aromatic carbocycles. The molecule has 1 fully saturated rings. The number of ketones is 1. The molecule has 1 aliphatic rings. The number of hydrogen-bond donors (Lipinski definition) is 1. The Bertz CT molecular complexity index is 1260. The first kappa shape index (κ1) is 22.9. The monoisotopic (exact) mass is 464 g/mol. The summed E-state index contributed by atoms with van der Waals surface area (Å²) in [5.41, 5.74) is 0.801. The summed E-state index contributed by atoms with van der Waals surface area (Å²) in [6.07, 6.45) is 0. The summed E-state index contributed by atoms with van der Waals surface area (Å²) in [6, 6.07) is 12.2. The third-order valence-corrected chi connectivity index (χ3v) is 5.47. The summed E-state index contributed by atoms with van der Waals surface area (Å²) >= 11 is 0. The summed E-state index contributed by atoms with van der Waals surface area (Å²) in [6.45, 7) is 3.97. The minimum atomic E-state index is -0.976. The number of carbonyl (C=O) groups is 2. The minimum Gasteiger partial charge on any atom is -0.507 e. The molecule has 1 aliphatic heterocycles. The first-order valence-electron chi connectivity index (χ1n) is 10.6. The third-order valence-electron chi connectivity index (χ3n) is 5.47. The number of aryl methyl sites for hydroxylation is 1. The number of aliphatic hydroxyl groups is 1. The number of rotatable bonds is 7. The van der Waals surface area contributed by atoms with E-state index in [1.165, 1.54) is 19.1 Å². The zero-order valence-electron chi connectivity index (χ0n) is 19.2. The quantitative estimate of drug-likeness (QED) is 0.317. The lowest BCUT2D eigenvalue weighted by Crippen LogP contribution is -2.29. The fraction of sp³-hybridized carbons (Fsp3) is 0.240. The number of benzene rings is 2. The van der Waals surface area contributed by atoms with E-state index >= 15 is 0 Å². The van der Waals surface area contributed by atoms with Crippen molar-refractivity contribution < 1.29 is 33.4 Å². The molecular formula is C25H24N2O7. The van der Waals surface area contributed by atoms with Gasteiger partial charge in [0.15, 0.2) is 17.3 Å². The zero-order valence-corrected chi connectivity index (χ0v) is 19.2. The van der Waals surface area contributed by atoms with Crippen LogP contribution in [0.5, 0.6) is 17.2 Å². The smallest absolute Gasteiger partial charge is 0.301 e. The predicted molar refractivity (Wildman–Crippen MR) is 123 cm³/mol. The first-order chi connectivity index (χ1) is 16.4. The second-order valence-corrected chi connectivity index (χ2v) is 7.54. The van der Waals surface area contributed by atoms with Crippen molar-refractivity contribution in [2.45, 2.75) is 19.9 Å². The van der Waals surface area contributed by atoms with Crippen LogP contribution in [0.1, 0.15) is 29.9 Å². The average Bonchev–Trinajstić information content (AvgIpc) is 3.39. The topological polar surface area (TPSA) is 111 Å². The molecule has 1 amide bonds. The van der Waals surface area contributed by atoms with Gasteiger partial charge in [0.25, 0.3) is 5.78 Å². The van der Waals surface area contributed by atoms with Gasteiger partial charge in [0.2, 0.25) is 0 Å². The molecule has 1 N–H and O–H groups in total. The van der Waals surface area contributed by atoms with Gasteiger partial charge in [-0.15, -0.1) is 0 Å². The van der Waals surface area contributed by atoms with Crippen LogP contribution in [0.25, 0.3) is 5.76 Å². The summed E-state index contributed by atoms with van der Waals surface area (Å²) in [7, 11) is 3.02. The first-order valence-corrected chi connectivity index (χ1v) is 10.6. The number of nitrogens with zero attached hydrogens (tertiary/aromatic N) is 2. The van der Waals surface area contributed by atoms with Gasteiger partial charge >= 0.3 is 5.91 Å². The molecule has 1 aromatic heterocycles. The van der Waals surface area contributed by atoms with E-state index in [9.17, 15) is 14.7 Å². The Balaban J connectivity index is 1.92. The molecule has 0 spiro atoms. The standard InChI is InChI=1S/C25H24N2O7/c1-5-33-18-11-8-16(13-19(18)32-4)22-21(23(28)15-6-9-17(31-3)10-7-15)24(29)25(30)27(22)20-12-14(2)34-26-20/h6-13,22,28H,5H2,1-4H3/b23-21+. The SMILES string of the molecule is CCOc1ccc(C2/C(=C(\O)c3ccc(OC)cc3)C(=O)C(=O)N2c2cc(C)on2)cc1OC. The molecule has 176 valence electrons. The van der Waals surface area contributed by atoms with Crippen LogP contribution in [0, 0.1) is 6.92 Å². The number of carbonyl (C=O) groups excluding carboxylic acids is 2. The number of aromatic nitrogens is 1. The maximum Gasteiger partial charge on any atom is 0.301 e. The molecule has 9 heteroatoms. The molecule has 0 aliphatic carbocycles. The van der Waals surface area contributed by atoms with Gasteiger partial charge in [-0.3, -0.25) is 14.5 Å². The molecule has 0 saturated carbocycles. The number of hydrogen-bond acceptors (Lipinski definition) is 8. The highest BCUT2D eigenvalue weighted by atomic mass is 16.5. The van der Waals surface area contributed by atoms with Crippen LogP contribution < -0.4 is 19.1 Å². The average molecular weight is 464 g/mol. The van der Waals surface area contributed by atoms with Crippen LogP contribution >= 0.6 is 0 Å². The lowest BCUT2D eigenvalue weighted by molar-refractivity contribution is -0.132. The van der Waals surface area contributed by atoms with E-state index < -0.39 is 17.7 Å². The van der Waals surface area contributed by atoms with Crippen molar-refractivity contribution in [2.75, 3.05) is 25.7 Å². The summed E-state index contributed by atoms with van der Waals surface area (Å²) in [4.78, 5) is 27.5. The molecular weight excluding hydrogens is 440 g/mol. The van der Waals surface area contributed by atoms with Crippen molar-refractivity contribution in [3.05, 3.63) is 71.0 Å². The van der Waals surface area contributed by atoms with Crippen molar-refractivity contribution in [1.82, 2.24) is 5.16 Å². The Morgan fingerprint density at radius 1 is 1.06 bits per heavy atom. The number of amides is 1.